The van der Waals surface area contributed by atoms with Crippen LogP contribution >= 0.6 is 0 Å². The number of fused-ring (bicyclic) bond motifs is 18. The molecular formula is C97H62N4O2Se. The van der Waals surface area contributed by atoms with Crippen LogP contribution in [0.1, 0.15) is 11.1 Å². The first-order valence-corrected chi connectivity index (χ1v) is 37.2. The number of nitrogens with zero attached hydrogens (tertiary/aromatic N) is 4. The van der Waals surface area contributed by atoms with Crippen molar-refractivity contribution in [3.63, 3.8) is 0 Å². The van der Waals surface area contributed by atoms with Crippen LogP contribution in [0.4, 0.5) is 34.1 Å². The van der Waals surface area contributed by atoms with E-state index in [-0.39, 0.29) is 0 Å². The van der Waals surface area contributed by atoms with Crippen molar-refractivity contribution in [2.24, 2.45) is 0 Å². The summed E-state index contributed by atoms with van der Waals surface area (Å²) in [4.78, 5) is 4.70. The van der Waals surface area contributed by atoms with Crippen molar-refractivity contribution in [3.05, 3.63) is 375 Å². The number of rotatable bonds is 10. The zero-order valence-electron chi connectivity index (χ0n) is 56.4. The molecular weight excluding hydrogens is 1330 g/mol. The van der Waals surface area contributed by atoms with Crippen molar-refractivity contribution in [1.82, 2.24) is 9.13 Å². The molecule has 0 fully saturated rings. The summed E-state index contributed by atoms with van der Waals surface area (Å²) in [5, 5.41) is 12.1. The van der Waals surface area contributed by atoms with Crippen LogP contribution < -0.4 is 9.80 Å². The minimum absolute atomic E-state index is 0.326. The van der Waals surface area contributed by atoms with Gasteiger partial charge in [-0.15, -0.1) is 0 Å². The summed E-state index contributed by atoms with van der Waals surface area (Å²) in [5.74, 6) is 0. The van der Waals surface area contributed by atoms with E-state index in [1.54, 1.807) is 0 Å². The number of aromatic nitrogens is 2. The Labute approximate surface area is 605 Å². The molecule has 104 heavy (non-hydrogen) atoms. The minimum atomic E-state index is 0.326. The van der Waals surface area contributed by atoms with Crippen molar-refractivity contribution < 1.29 is 8.83 Å². The molecule has 1 aliphatic carbocycles. The van der Waals surface area contributed by atoms with Gasteiger partial charge in [0.25, 0.3) is 0 Å². The van der Waals surface area contributed by atoms with Gasteiger partial charge < -0.3 is 18.5 Å². The van der Waals surface area contributed by atoms with E-state index in [1.165, 1.54) is 107 Å². The molecule has 22 rings (SSSR count). The Morgan fingerprint density at radius 2 is 0.702 bits per heavy atom. The number of anilines is 6. The third-order valence-electron chi connectivity index (χ3n) is 21.2. The first kappa shape index (κ1) is 59.7. The molecule has 0 radical (unpaired) electrons. The van der Waals surface area contributed by atoms with Crippen molar-refractivity contribution in [2.75, 3.05) is 9.80 Å². The van der Waals surface area contributed by atoms with Crippen LogP contribution in [0.25, 0.3) is 152 Å². The number of furan rings is 2. The van der Waals surface area contributed by atoms with Crippen LogP contribution in [-0.2, 0) is 6.42 Å². The first-order valence-electron chi connectivity index (χ1n) is 35.5. The average Bonchev–Trinajstić information content (AvgIpc) is 1.70. The van der Waals surface area contributed by atoms with Crippen LogP contribution in [0, 0.1) is 0 Å². The minimum Gasteiger partial charge on any atom is -0.0602 e. The van der Waals surface area contributed by atoms with E-state index in [1.807, 2.05) is 18.2 Å². The summed E-state index contributed by atoms with van der Waals surface area (Å²) in [5.41, 5.74) is 27.4. The molecule has 0 spiro atoms. The Morgan fingerprint density at radius 1 is 0.250 bits per heavy atom. The maximum atomic E-state index is 6.65. The van der Waals surface area contributed by atoms with Crippen molar-refractivity contribution in [2.45, 2.75) is 6.42 Å². The number of para-hydroxylation sites is 7. The van der Waals surface area contributed by atoms with Gasteiger partial charge in [-0.1, -0.05) is 164 Å². The molecule has 0 bridgehead atoms. The smallest absolute Gasteiger partial charge is 0.0602 e. The molecule has 0 unspecified atom stereocenters. The second-order valence-electron chi connectivity index (χ2n) is 27.1. The second-order valence-corrected chi connectivity index (χ2v) is 29.4. The Bertz CT molecular complexity index is 6960. The van der Waals surface area contributed by atoms with Gasteiger partial charge in [-0.05, 0) is 131 Å². The first-order chi connectivity index (χ1) is 51.5. The Balaban J connectivity index is 0.000000134. The van der Waals surface area contributed by atoms with Crippen LogP contribution in [0.3, 0.4) is 0 Å². The molecule has 0 saturated carbocycles. The van der Waals surface area contributed by atoms with Gasteiger partial charge in [0.2, 0.25) is 0 Å². The Hall–Kier alpha value is -13.2. The van der Waals surface area contributed by atoms with Gasteiger partial charge in [0.15, 0.2) is 0 Å². The molecule has 0 atom stereocenters. The molecule has 0 amide bonds. The molecule has 1 aliphatic rings. The van der Waals surface area contributed by atoms with Gasteiger partial charge >= 0.3 is 213 Å². The Kier molecular flexibility index (Phi) is 13.9. The van der Waals surface area contributed by atoms with Gasteiger partial charge in [-0.3, -0.25) is 0 Å². The van der Waals surface area contributed by atoms with Crippen LogP contribution in [0.2, 0.25) is 0 Å². The van der Waals surface area contributed by atoms with Gasteiger partial charge in [-0.2, -0.15) is 0 Å². The monoisotopic (exact) mass is 1390 g/mol. The van der Waals surface area contributed by atoms with Gasteiger partial charge in [0, 0.05) is 56.0 Å². The normalized spacial score (nSPS) is 12.0. The SMILES string of the molecule is c1ccc(-n2c3ccccc3c3cc(N(c4ccc(-c5ccc6c(c5)Cc5ccccc5-6)cc4)c4ccc5c(c4)oc4ccccc45)ccc32)cc1.c1ccc(-n2c3ccccc3c3cc(N(c4ccc(-c5ccc6c(c5)[se]c5ccccc56)cc4)c4cccc5c4oc4ccccc45)ccc32)cc1. The Morgan fingerprint density at radius 3 is 1.38 bits per heavy atom. The quantitative estimate of drug-likeness (QED) is 0.128. The summed E-state index contributed by atoms with van der Waals surface area (Å²) in [6, 6.07) is 132. The zero-order valence-corrected chi connectivity index (χ0v) is 58.1. The van der Waals surface area contributed by atoms with Crippen molar-refractivity contribution in [1.29, 1.82) is 0 Å². The fraction of sp³-hybridized carbons (Fsp3) is 0.0103. The average molecular weight is 1390 g/mol. The van der Waals surface area contributed by atoms with E-state index in [0.29, 0.717) is 14.5 Å². The topological polar surface area (TPSA) is 42.6 Å². The van der Waals surface area contributed by atoms with Crippen LogP contribution in [0.15, 0.2) is 373 Å². The van der Waals surface area contributed by atoms with E-state index in [2.05, 4.69) is 365 Å². The fourth-order valence-corrected chi connectivity index (χ4v) is 18.8. The van der Waals surface area contributed by atoms with E-state index in [9.17, 15) is 0 Å². The number of hydrogen-bond acceptors (Lipinski definition) is 4. The summed E-state index contributed by atoms with van der Waals surface area (Å²) >= 11 is 0.326. The molecule has 5 heterocycles. The van der Waals surface area contributed by atoms with Crippen molar-refractivity contribution >= 4 is 155 Å². The van der Waals surface area contributed by atoms with E-state index in [4.69, 9.17) is 8.83 Å². The van der Waals surface area contributed by atoms with Crippen LogP contribution in [-0.4, -0.2) is 23.6 Å². The molecule has 0 saturated heterocycles. The molecule has 488 valence electrons. The molecule has 16 aromatic carbocycles. The van der Waals surface area contributed by atoms with E-state index in [0.717, 1.165) is 95.8 Å². The van der Waals surface area contributed by atoms with Gasteiger partial charge in [-0.25, -0.2) is 0 Å². The second kappa shape index (κ2) is 24.3. The molecule has 6 nitrogen and oxygen atoms in total. The van der Waals surface area contributed by atoms with Gasteiger partial charge in [0.1, 0.15) is 11.2 Å². The van der Waals surface area contributed by atoms with Crippen molar-refractivity contribution in [3.8, 4) is 44.8 Å². The molecule has 0 aliphatic heterocycles. The van der Waals surface area contributed by atoms with Gasteiger partial charge in [0.05, 0.1) is 16.6 Å². The van der Waals surface area contributed by atoms with E-state index < -0.39 is 0 Å². The number of benzene rings is 16. The summed E-state index contributed by atoms with van der Waals surface area (Å²) in [7, 11) is 0. The molecule has 21 aromatic rings. The predicted molar refractivity (Wildman–Crippen MR) is 437 cm³/mol. The van der Waals surface area contributed by atoms with Crippen LogP contribution in [0.5, 0.6) is 0 Å². The summed E-state index contributed by atoms with van der Waals surface area (Å²) in [6.45, 7) is 0. The van der Waals surface area contributed by atoms with E-state index >= 15 is 0 Å². The predicted octanol–water partition coefficient (Wildman–Crippen LogP) is 26.6. The fourth-order valence-electron chi connectivity index (χ4n) is 16.4. The molecule has 5 aromatic heterocycles. The maximum absolute atomic E-state index is 6.65. The zero-order chi connectivity index (χ0) is 68.3. The summed E-state index contributed by atoms with van der Waals surface area (Å²) < 4.78 is 20.7. The summed E-state index contributed by atoms with van der Waals surface area (Å²) in [6.07, 6.45) is 0.985. The third kappa shape index (κ3) is 9.85. The standard InChI is InChI=1S/C49H32N2O.C48H30N2OSe/c1-2-11-36(12-3-1)51-46-16-8-6-14-42(46)45-30-38(24-27-47(45)51)50(39-23-26-44-43-15-7-9-17-48(43)52-49(44)31-39)37-21-18-32(19-22-37)33-20-25-41-35(28-33)29-34-10-4-5-13-40(34)41;1-2-11-33(12-3-1)50-42-17-7-4-13-36(42)41-30-35(26-28-43(41)50)49(44-18-10-16-40-37-14-5-8-19-45(37)51-48(40)44)34-24-21-31(22-25-34)32-23-27-39-38-15-6-9-20-46(38)52-47(39)29-32/h1-28,30-31H,29H2;1-30H. The third-order valence-corrected chi connectivity index (χ3v) is 23.6. The molecule has 0 N–H and O–H groups in total. The molecule has 7 heteroatoms. The number of hydrogen-bond donors (Lipinski definition) is 0.